The van der Waals surface area contributed by atoms with Crippen molar-refractivity contribution in [1.82, 2.24) is 9.78 Å². The Hall–Kier alpha value is -1.75. The fourth-order valence-corrected chi connectivity index (χ4v) is 1.48. The Balaban J connectivity index is 3.39. The van der Waals surface area contributed by atoms with Crippen molar-refractivity contribution in [3.8, 4) is 0 Å². The molecule has 0 fully saturated rings. The third kappa shape index (κ3) is 2.43. The fourth-order valence-electron chi connectivity index (χ4n) is 1.48. The number of aromatic nitrogens is 2. The topological polar surface area (TPSA) is 34.9 Å². The summed E-state index contributed by atoms with van der Waals surface area (Å²) in [4.78, 5) is 11.3. The van der Waals surface area contributed by atoms with E-state index in [1.165, 1.54) is 0 Å². The Bertz CT molecular complexity index is 588. The van der Waals surface area contributed by atoms with E-state index in [-0.39, 0.29) is 10.4 Å². The summed E-state index contributed by atoms with van der Waals surface area (Å²) in [6.07, 6.45) is -6.98. The standard InChI is InChI=1S/C10H7F9N2O/c1-4-3-5(2)21(20-4)6(22)7(11,12)8(13,14)9(15,16)10(17,18)19/h3H,1-2H3. The van der Waals surface area contributed by atoms with Gasteiger partial charge in [0.1, 0.15) is 0 Å². The van der Waals surface area contributed by atoms with E-state index in [0.29, 0.717) is 0 Å². The number of halogens is 9. The van der Waals surface area contributed by atoms with Crippen molar-refractivity contribution in [2.75, 3.05) is 0 Å². The third-order valence-corrected chi connectivity index (χ3v) is 2.62. The Kier molecular flexibility index (Phi) is 4.06. The lowest BCUT2D eigenvalue weighted by molar-refractivity contribution is -0.386. The predicted octanol–water partition coefficient (Wildman–Crippen LogP) is 3.61. The van der Waals surface area contributed by atoms with Crippen LogP contribution in [0.4, 0.5) is 39.5 Å². The van der Waals surface area contributed by atoms with E-state index in [1.54, 1.807) is 0 Å². The third-order valence-electron chi connectivity index (χ3n) is 2.62. The minimum Gasteiger partial charge on any atom is -0.265 e. The number of carbonyl (C=O) groups is 1. The van der Waals surface area contributed by atoms with Gasteiger partial charge in [0.2, 0.25) is 0 Å². The van der Waals surface area contributed by atoms with Crippen molar-refractivity contribution in [1.29, 1.82) is 0 Å². The molecule has 0 amide bonds. The molecular formula is C10H7F9N2O. The highest BCUT2D eigenvalue weighted by Gasteiger charge is 2.84. The summed E-state index contributed by atoms with van der Waals surface area (Å²) in [6.45, 7) is 2.12. The largest absolute Gasteiger partial charge is 0.460 e. The zero-order chi connectivity index (χ0) is 17.7. The first-order valence-electron chi connectivity index (χ1n) is 5.35. The lowest BCUT2D eigenvalue weighted by Crippen LogP contribution is -2.64. The summed E-state index contributed by atoms with van der Waals surface area (Å²) < 4.78 is 114. The van der Waals surface area contributed by atoms with E-state index in [9.17, 15) is 44.3 Å². The van der Waals surface area contributed by atoms with Crippen LogP contribution in [0.5, 0.6) is 0 Å². The van der Waals surface area contributed by atoms with Gasteiger partial charge in [0.25, 0.3) is 0 Å². The predicted molar refractivity (Wildman–Crippen MR) is 53.2 cm³/mol. The molecule has 0 aromatic carbocycles. The van der Waals surface area contributed by atoms with Gasteiger partial charge >= 0.3 is 29.9 Å². The molecule has 22 heavy (non-hydrogen) atoms. The molecule has 12 heteroatoms. The summed E-state index contributed by atoms with van der Waals surface area (Å²) >= 11 is 0. The maximum Gasteiger partial charge on any atom is 0.460 e. The van der Waals surface area contributed by atoms with Crippen molar-refractivity contribution in [3.63, 3.8) is 0 Å². The second-order valence-corrected chi connectivity index (χ2v) is 4.36. The number of nitrogens with zero attached hydrogens (tertiary/aromatic N) is 2. The number of carbonyl (C=O) groups excluding carboxylic acids is 1. The van der Waals surface area contributed by atoms with Crippen LogP contribution in [0, 0.1) is 13.8 Å². The summed E-state index contributed by atoms with van der Waals surface area (Å²) in [5, 5.41) is 3.06. The summed E-state index contributed by atoms with van der Waals surface area (Å²) in [5.74, 6) is -23.4. The van der Waals surface area contributed by atoms with E-state index < -0.39 is 35.5 Å². The van der Waals surface area contributed by atoms with Crippen LogP contribution in [-0.2, 0) is 0 Å². The fraction of sp³-hybridized carbons (Fsp3) is 0.600. The average molecular weight is 342 g/mol. The first-order valence-corrected chi connectivity index (χ1v) is 5.35. The molecule has 1 rings (SSSR count). The first kappa shape index (κ1) is 18.3. The Morgan fingerprint density at radius 3 is 1.73 bits per heavy atom. The molecule has 1 aromatic heterocycles. The summed E-state index contributed by atoms with van der Waals surface area (Å²) in [5.41, 5.74) is -0.541. The highest BCUT2D eigenvalue weighted by atomic mass is 19.4. The van der Waals surface area contributed by atoms with Crippen LogP contribution in [0.3, 0.4) is 0 Å². The second kappa shape index (κ2) is 4.88. The van der Waals surface area contributed by atoms with Gasteiger partial charge < -0.3 is 0 Å². The van der Waals surface area contributed by atoms with Gasteiger partial charge in [-0.2, -0.15) is 49.3 Å². The van der Waals surface area contributed by atoms with Crippen molar-refractivity contribution >= 4 is 5.91 Å². The molecule has 0 radical (unpaired) electrons. The van der Waals surface area contributed by atoms with E-state index in [4.69, 9.17) is 0 Å². The van der Waals surface area contributed by atoms with E-state index in [0.717, 1.165) is 19.9 Å². The molecule has 126 valence electrons. The number of hydrogen-bond donors (Lipinski definition) is 0. The van der Waals surface area contributed by atoms with Crippen molar-refractivity contribution in [2.45, 2.75) is 37.8 Å². The zero-order valence-corrected chi connectivity index (χ0v) is 10.8. The summed E-state index contributed by atoms with van der Waals surface area (Å²) in [6, 6.07) is 0.966. The molecule has 0 atom stereocenters. The van der Waals surface area contributed by atoms with Crippen LogP contribution in [0.2, 0.25) is 0 Å². The lowest BCUT2D eigenvalue weighted by Gasteiger charge is -2.32. The molecule has 1 aromatic rings. The van der Waals surface area contributed by atoms with Gasteiger partial charge in [-0.25, -0.2) is 0 Å². The second-order valence-electron chi connectivity index (χ2n) is 4.36. The quantitative estimate of drug-likeness (QED) is 0.787. The van der Waals surface area contributed by atoms with Crippen molar-refractivity contribution in [3.05, 3.63) is 17.5 Å². The Morgan fingerprint density at radius 1 is 0.955 bits per heavy atom. The average Bonchev–Trinajstić information content (AvgIpc) is 2.65. The molecule has 0 saturated carbocycles. The normalized spacial score (nSPS) is 14.3. The van der Waals surface area contributed by atoms with Crippen molar-refractivity contribution < 1.29 is 44.3 Å². The van der Waals surface area contributed by atoms with Gasteiger partial charge in [0.15, 0.2) is 0 Å². The molecule has 0 aliphatic rings. The zero-order valence-electron chi connectivity index (χ0n) is 10.8. The van der Waals surface area contributed by atoms with Gasteiger partial charge in [0, 0.05) is 5.69 Å². The molecule has 0 aliphatic carbocycles. The van der Waals surface area contributed by atoms with Gasteiger partial charge in [-0.1, -0.05) is 0 Å². The maximum absolute atomic E-state index is 13.4. The number of alkyl halides is 9. The molecule has 0 N–H and O–H groups in total. The molecule has 1 heterocycles. The SMILES string of the molecule is Cc1cc(C)n(C(=O)C(F)(F)C(F)(F)C(F)(F)C(F)(F)F)n1. The number of hydrogen-bond acceptors (Lipinski definition) is 2. The first-order chi connectivity index (χ1) is 9.57. The minimum atomic E-state index is -7.12. The Labute approximate surface area is 116 Å². The molecular weight excluding hydrogens is 335 g/mol. The van der Waals surface area contributed by atoms with Gasteiger partial charge in [-0.15, -0.1) is 0 Å². The number of aryl methyl sites for hydroxylation is 2. The van der Waals surface area contributed by atoms with E-state index in [2.05, 4.69) is 5.10 Å². The van der Waals surface area contributed by atoms with Gasteiger partial charge in [-0.05, 0) is 19.9 Å². The van der Waals surface area contributed by atoms with Crippen LogP contribution in [0.25, 0.3) is 0 Å². The minimum absolute atomic E-state index is 0.104. The highest BCUT2D eigenvalue weighted by Crippen LogP contribution is 2.53. The monoisotopic (exact) mass is 342 g/mol. The smallest absolute Gasteiger partial charge is 0.265 e. The lowest BCUT2D eigenvalue weighted by atomic mass is 10.0. The van der Waals surface area contributed by atoms with Crippen LogP contribution < -0.4 is 0 Å². The molecule has 3 nitrogen and oxygen atoms in total. The van der Waals surface area contributed by atoms with E-state index in [1.807, 2.05) is 0 Å². The van der Waals surface area contributed by atoms with Gasteiger partial charge in [0.05, 0.1) is 5.69 Å². The molecule has 0 aliphatic heterocycles. The van der Waals surface area contributed by atoms with Crippen LogP contribution in [0.15, 0.2) is 6.07 Å². The summed E-state index contributed by atoms with van der Waals surface area (Å²) in [7, 11) is 0. The van der Waals surface area contributed by atoms with E-state index >= 15 is 0 Å². The number of rotatable bonds is 3. The molecule has 0 saturated heterocycles. The Morgan fingerprint density at radius 2 is 1.41 bits per heavy atom. The molecule has 0 bridgehead atoms. The molecule has 0 unspecified atom stereocenters. The van der Waals surface area contributed by atoms with Crippen LogP contribution in [0.1, 0.15) is 16.2 Å². The molecule has 0 spiro atoms. The highest BCUT2D eigenvalue weighted by molar-refractivity contribution is 5.87. The maximum atomic E-state index is 13.4. The van der Waals surface area contributed by atoms with Crippen molar-refractivity contribution in [2.24, 2.45) is 0 Å². The van der Waals surface area contributed by atoms with Crippen LogP contribution >= 0.6 is 0 Å². The van der Waals surface area contributed by atoms with Gasteiger partial charge in [-0.3, -0.25) is 4.79 Å². The van der Waals surface area contributed by atoms with Crippen LogP contribution in [-0.4, -0.2) is 39.6 Å².